The van der Waals surface area contributed by atoms with Crippen LogP contribution in [0, 0.1) is 11.8 Å². The number of hydrogen-bond donors (Lipinski definition) is 0. The lowest BCUT2D eigenvalue weighted by Gasteiger charge is -2.39. The van der Waals surface area contributed by atoms with E-state index in [2.05, 4.69) is 91.7 Å². The number of benzene rings is 1. The molecule has 0 aliphatic heterocycles. The van der Waals surface area contributed by atoms with Crippen LogP contribution in [0.2, 0.25) is 104 Å². The Balaban J connectivity index is 3.17. The van der Waals surface area contributed by atoms with Crippen molar-refractivity contribution in [2.45, 2.75) is 118 Å². The summed E-state index contributed by atoms with van der Waals surface area (Å²) in [5.74, 6) is -0.837. The molecular formula is C33H66O9Si6. The predicted molar refractivity (Wildman–Crippen MR) is 212 cm³/mol. The monoisotopic (exact) mass is 774 g/mol. The van der Waals surface area contributed by atoms with Crippen molar-refractivity contribution in [1.82, 2.24) is 0 Å². The number of carbonyl (C=O) groups is 2. The molecule has 0 aromatic heterocycles. The van der Waals surface area contributed by atoms with Gasteiger partial charge in [0.05, 0.1) is 20.3 Å². The lowest BCUT2D eigenvalue weighted by atomic mass is 10.1. The summed E-state index contributed by atoms with van der Waals surface area (Å²) in [6.45, 7) is 34.5. The molecule has 15 heteroatoms. The third kappa shape index (κ3) is 19.3. The second-order valence-corrected chi connectivity index (χ2v) is 42.8. The molecule has 0 spiro atoms. The second kappa shape index (κ2) is 17.9. The summed E-state index contributed by atoms with van der Waals surface area (Å²) in [6.07, 6.45) is 1.52. The van der Waals surface area contributed by atoms with Crippen molar-refractivity contribution < 1.29 is 40.3 Å². The number of esters is 2. The third-order valence-corrected chi connectivity index (χ3v) is 26.0. The summed E-state index contributed by atoms with van der Waals surface area (Å²) in [7, 11) is -11.0. The average Bonchev–Trinajstić information content (AvgIpc) is 2.84. The Hall–Kier alpha value is -1.16. The maximum atomic E-state index is 13.5. The van der Waals surface area contributed by atoms with E-state index in [-0.39, 0.29) is 30.6 Å². The van der Waals surface area contributed by atoms with E-state index in [9.17, 15) is 9.59 Å². The zero-order chi connectivity index (χ0) is 37.4. The summed E-state index contributed by atoms with van der Waals surface area (Å²) in [6, 6.07) is 8.46. The van der Waals surface area contributed by atoms with Gasteiger partial charge in [-0.3, -0.25) is 0 Å². The van der Waals surface area contributed by atoms with Gasteiger partial charge in [-0.05, 0) is 139 Å². The van der Waals surface area contributed by atoms with Gasteiger partial charge in [0, 0.05) is 0 Å². The van der Waals surface area contributed by atoms with E-state index in [1.54, 1.807) is 31.4 Å². The van der Waals surface area contributed by atoms with E-state index < -0.39 is 62.3 Å². The molecule has 0 N–H and O–H groups in total. The van der Waals surface area contributed by atoms with Crippen molar-refractivity contribution >= 4 is 68.4 Å². The van der Waals surface area contributed by atoms with Crippen LogP contribution >= 0.6 is 0 Å². The van der Waals surface area contributed by atoms with Crippen LogP contribution in [-0.2, 0) is 35.5 Å². The highest BCUT2D eigenvalue weighted by molar-refractivity contribution is 6.88. The first kappa shape index (κ1) is 44.9. The van der Waals surface area contributed by atoms with E-state index in [1.165, 1.54) is 6.08 Å². The number of carbonyl (C=O) groups excluding carboxylic acids is 2. The Bertz CT molecular complexity index is 1110. The summed E-state index contributed by atoms with van der Waals surface area (Å²) in [5, 5.41) is 0. The van der Waals surface area contributed by atoms with Gasteiger partial charge in [-0.2, -0.15) is 0 Å². The summed E-state index contributed by atoms with van der Waals surface area (Å²) in [4.78, 5) is 27.1. The SMILES string of the molecule is COc1ccc(C=C(C(=O)OCC(C)C[Si](C)(O[Si](C)(C)C)O[Si](C)(C)C)C(=O)OCC(C)C[Si](C)(O[Si](C)(C)C)O[Si](C)(C)C)cc1. The zero-order valence-electron chi connectivity index (χ0n) is 33.0. The molecule has 48 heavy (non-hydrogen) atoms. The van der Waals surface area contributed by atoms with Gasteiger partial charge >= 0.3 is 29.1 Å². The van der Waals surface area contributed by atoms with Gasteiger partial charge in [0.25, 0.3) is 0 Å². The Morgan fingerprint density at radius 3 is 1.17 bits per heavy atom. The van der Waals surface area contributed by atoms with E-state index in [0.29, 0.717) is 23.4 Å². The molecule has 0 heterocycles. The molecule has 0 amide bonds. The molecule has 0 fully saturated rings. The quantitative estimate of drug-likeness (QED) is 0.0423. The minimum atomic E-state index is -2.55. The van der Waals surface area contributed by atoms with E-state index in [4.69, 9.17) is 30.7 Å². The molecular weight excluding hydrogens is 709 g/mol. The minimum Gasteiger partial charge on any atom is -0.497 e. The maximum Gasteiger partial charge on any atom is 0.345 e. The summed E-state index contributed by atoms with van der Waals surface area (Å²) >= 11 is 0. The van der Waals surface area contributed by atoms with Crippen LogP contribution < -0.4 is 4.74 Å². The van der Waals surface area contributed by atoms with Crippen LogP contribution in [0.5, 0.6) is 5.75 Å². The van der Waals surface area contributed by atoms with Crippen molar-refractivity contribution in [2.75, 3.05) is 20.3 Å². The highest BCUT2D eigenvalue weighted by Crippen LogP contribution is 2.29. The molecule has 1 aromatic carbocycles. The van der Waals surface area contributed by atoms with Gasteiger partial charge < -0.3 is 30.7 Å². The third-order valence-electron chi connectivity index (χ3n) is 6.39. The highest BCUT2D eigenvalue weighted by Gasteiger charge is 2.43. The van der Waals surface area contributed by atoms with Crippen LogP contribution in [-0.4, -0.2) is 82.7 Å². The van der Waals surface area contributed by atoms with Crippen LogP contribution in [0.3, 0.4) is 0 Å². The lowest BCUT2D eigenvalue weighted by molar-refractivity contribution is -0.148. The molecule has 2 atom stereocenters. The molecule has 1 aromatic rings. The second-order valence-electron chi connectivity index (χ2n) is 17.3. The normalized spacial score (nSPS) is 14.6. The van der Waals surface area contributed by atoms with Crippen molar-refractivity contribution in [3.8, 4) is 5.75 Å². The van der Waals surface area contributed by atoms with Gasteiger partial charge in [0.1, 0.15) is 11.3 Å². The number of ether oxygens (including phenoxy) is 3. The van der Waals surface area contributed by atoms with E-state index >= 15 is 0 Å². The Kier molecular flexibility index (Phi) is 16.7. The minimum absolute atomic E-state index is 0.0306. The molecule has 0 bridgehead atoms. The largest absolute Gasteiger partial charge is 0.497 e. The number of rotatable bonds is 20. The zero-order valence-corrected chi connectivity index (χ0v) is 39.0. The first-order chi connectivity index (χ1) is 21.5. The molecule has 0 aliphatic carbocycles. The molecule has 276 valence electrons. The smallest absolute Gasteiger partial charge is 0.345 e. The first-order valence-corrected chi connectivity index (χ1v) is 35.7. The molecule has 0 radical (unpaired) electrons. The van der Waals surface area contributed by atoms with Crippen molar-refractivity contribution in [1.29, 1.82) is 0 Å². The highest BCUT2D eigenvalue weighted by atomic mass is 28.5. The van der Waals surface area contributed by atoms with Gasteiger partial charge in [-0.25, -0.2) is 9.59 Å². The predicted octanol–water partition coefficient (Wildman–Crippen LogP) is 8.99. The van der Waals surface area contributed by atoms with Crippen LogP contribution in [0.25, 0.3) is 6.08 Å². The Labute approximate surface area is 298 Å². The summed E-state index contributed by atoms with van der Waals surface area (Å²) in [5.41, 5.74) is 0.493. The molecule has 2 unspecified atom stereocenters. The fourth-order valence-electron chi connectivity index (χ4n) is 5.84. The molecule has 0 saturated heterocycles. The summed E-state index contributed by atoms with van der Waals surface area (Å²) < 4.78 is 43.4. The fraction of sp³-hybridized carbons (Fsp3) is 0.697. The lowest BCUT2D eigenvalue weighted by Crippen LogP contribution is -2.53. The average molecular weight is 775 g/mol. The molecule has 1 rings (SSSR count). The number of methoxy groups -OCH3 is 1. The van der Waals surface area contributed by atoms with Gasteiger partial charge in [-0.15, -0.1) is 0 Å². The Morgan fingerprint density at radius 1 is 0.583 bits per heavy atom. The Morgan fingerprint density at radius 2 is 0.896 bits per heavy atom. The maximum absolute atomic E-state index is 13.5. The van der Waals surface area contributed by atoms with Crippen molar-refractivity contribution in [3.63, 3.8) is 0 Å². The van der Waals surface area contributed by atoms with Gasteiger partial charge in [-0.1, -0.05) is 26.0 Å². The topological polar surface area (TPSA) is 98.8 Å². The first-order valence-electron chi connectivity index (χ1n) is 17.0. The van der Waals surface area contributed by atoms with Crippen LogP contribution in [0.1, 0.15) is 19.4 Å². The molecule has 0 saturated carbocycles. The standard InChI is InChI=1S/C33H66O9Si6/c1-27(25-47(16,39-43(4,5)6)40-44(7,8)9)23-37-32(34)31(22-29-18-20-30(36-3)21-19-29)33(35)38-24-28(2)26-48(17,41-45(10,11)12)42-46(13,14)15/h18-22,27-28H,23-26H2,1-17H3. The van der Waals surface area contributed by atoms with Crippen molar-refractivity contribution in [2.24, 2.45) is 11.8 Å². The van der Waals surface area contributed by atoms with Crippen molar-refractivity contribution in [3.05, 3.63) is 35.4 Å². The van der Waals surface area contributed by atoms with Gasteiger partial charge in [0.15, 0.2) is 33.3 Å². The molecule has 9 nitrogen and oxygen atoms in total. The fourth-order valence-corrected chi connectivity index (χ4v) is 31.8. The van der Waals surface area contributed by atoms with E-state index in [0.717, 1.165) is 0 Å². The van der Waals surface area contributed by atoms with Crippen LogP contribution in [0.15, 0.2) is 29.8 Å². The number of hydrogen-bond acceptors (Lipinski definition) is 9. The van der Waals surface area contributed by atoms with Gasteiger partial charge in [0.2, 0.25) is 0 Å². The van der Waals surface area contributed by atoms with Crippen LogP contribution in [0.4, 0.5) is 0 Å². The van der Waals surface area contributed by atoms with E-state index in [1.807, 2.05) is 13.8 Å². The molecule has 0 aliphatic rings.